The Bertz CT molecular complexity index is 545. The minimum absolute atomic E-state index is 0.0248. The lowest BCUT2D eigenvalue weighted by Crippen LogP contribution is -2.46. The van der Waals surface area contributed by atoms with Gasteiger partial charge in [-0.2, -0.15) is 0 Å². The molecule has 1 N–H and O–H groups in total. The summed E-state index contributed by atoms with van der Waals surface area (Å²) >= 11 is 1.62. The molecular formula is C16H21NO4S. The molecule has 1 aliphatic heterocycles. The predicted octanol–water partition coefficient (Wildman–Crippen LogP) is 2.33. The summed E-state index contributed by atoms with van der Waals surface area (Å²) < 4.78 is 5.43. The number of aliphatic carboxylic acids is 1. The first-order valence-electron chi connectivity index (χ1n) is 7.88. The molecule has 22 heavy (non-hydrogen) atoms. The Morgan fingerprint density at radius 1 is 1.32 bits per heavy atom. The van der Waals surface area contributed by atoms with Crippen molar-refractivity contribution in [1.82, 2.24) is 4.90 Å². The highest BCUT2D eigenvalue weighted by atomic mass is 32.1. The molecule has 1 aromatic heterocycles. The highest BCUT2D eigenvalue weighted by Crippen LogP contribution is 2.30. The van der Waals surface area contributed by atoms with Gasteiger partial charge in [0.15, 0.2) is 0 Å². The van der Waals surface area contributed by atoms with E-state index in [0.717, 1.165) is 17.7 Å². The summed E-state index contributed by atoms with van der Waals surface area (Å²) in [7, 11) is 0. The molecule has 5 nitrogen and oxygen atoms in total. The largest absolute Gasteiger partial charge is 0.481 e. The zero-order valence-electron chi connectivity index (χ0n) is 12.5. The number of carboxylic acid groups (broad SMARTS) is 1. The second kappa shape index (κ2) is 6.79. The third-order valence-electron chi connectivity index (χ3n) is 4.29. The van der Waals surface area contributed by atoms with Crippen LogP contribution >= 0.6 is 11.3 Å². The second-order valence-corrected chi connectivity index (χ2v) is 7.10. The molecule has 1 fully saturated rings. The van der Waals surface area contributed by atoms with Gasteiger partial charge in [-0.1, -0.05) is 6.42 Å². The summed E-state index contributed by atoms with van der Waals surface area (Å²) in [5, 5.41) is 8.86. The van der Waals surface area contributed by atoms with Gasteiger partial charge in [-0.05, 0) is 37.3 Å². The van der Waals surface area contributed by atoms with E-state index >= 15 is 0 Å². The minimum Gasteiger partial charge on any atom is -0.481 e. The Kier molecular flexibility index (Phi) is 4.78. The van der Waals surface area contributed by atoms with Crippen molar-refractivity contribution in [3.8, 4) is 0 Å². The molecule has 120 valence electrons. The van der Waals surface area contributed by atoms with E-state index in [2.05, 4.69) is 6.07 Å². The fraction of sp³-hybridized carbons (Fsp3) is 0.625. The van der Waals surface area contributed by atoms with Crippen molar-refractivity contribution in [3.05, 3.63) is 21.4 Å². The fourth-order valence-corrected chi connectivity index (χ4v) is 4.37. The molecule has 0 bridgehead atoms. The zero-order valence-corrected chi connectivity index (χ0v) is 13.4. The molecule has 1 amide bonds. The number of ether oxygens (including phenoxy) is 1. The number of aryl methyl sites for hydroxylation is 2. The van der Waals surface area contributed by atoms with Crippen LogP contribution in [0.1, 0.15) is 45.8 Å². The summed E-state index contributed by atoms with van der Waals surface area (Å²) in [6, 6.07) is 2.05. The maximum Gasteiger partial charge on any atom is 0.306 e. The van der Waals surface area contributed by atoms with Crippen molar-refractivity contribution >= 4 is 23.2 Å². The van der Waals surface area contributed by atoms with Gasteiger partial charge in [-0.25, -0.2) is 0 Å². The quantitative estimate of drug-likeness (QED) is 0.867. The number of amides is 1. The molecule has 0 unspecified atom stereocenters. The van der Waals surface area contributed by atoms with E-state index in [-0.39, 0.29) is 12.3 Å². The number of thiophene rings is 1. The van der Waals surface area contributed by atoms with Gasteiger partial charge in [0.05, 0.1) is 24.0 Å². The van der Waals surface area contributed by atoms with Gasteiger partial charge in [-0.15, -0.1) is 11.3 Å². The number of rotatable bonds is 3. The highest BCUT2D eigenvalue weighted by Gasteiger charge is 2.28. The number of carboxylic acids is 1. The Hall–Kier alpha value is -1.40. The van der Waals surface area contributed by atoms with Crippen LogP contribution in [0.15, 0.2) is 6.07 Å². The van der Waals surface area contributed by atoms with Gasteiger partial charge in [-0.3, -0.25) is 9.59 Å². The smallest absolute Gasteiger partial charge is 0.306 e. The maximum absolute atomic E-state index is 12.7. The maximum atomic E-state index is 12.7. The van der Waals surface area contributed by atoms with Crippen LogP contribution in [0.2, 0.25) is 0 Å². The Morgan fingerprint density at radius 3 is 2.95 bits per heavy atom. The van der Waals surface area contributed by atoms with Crippen molar-refractivity contribution in [2.45, 2.75) is 44.6 Å². The average Bonchev–Trinajstić information content (AvgIpc) is 2.77. The minimum atomic E-state index is -0.887. The van der Waals surface area contributed by atoms with Crippen molar-refractivity contribution in [2.75, 3.05) is 19.7 Å². The number of hydrogen-bond acceptors (Lipinski definition) is 4. The first-order chi connectivity index (χ1) is 10.6. The van der Waals surface area contributed by atoms with Crippen LogP contribution in [0, 0.1) is 0 Å². The number of fused-ring (bicyclic) bond motifs is 1. The number of hydrogen-bond donors (Lipinski definition) is 1. The van der Waals surface area contributed by atoms with Crippen molar-refractivity contribution < 1.29 is 19.4 Å². The number of morpholine rings is 1. The molecule has 1 saturated heterocycles. The molecule has 0 radical (unpaired) electrons. The topological polar surface area (TPSA) is 66.8 Å². The van der Waals surface area contributed by atoms with E-state index in [1.807, 2.05) is 0 Å². The third kappa shape index (κ3) is 3.50. The summed E-state index contributed by atoms with van der Waals surface area (Å²) in [6.07, 6.45) is 5.39. The molecule has 3 rings (SSSR count). The van der Waals surface area contributed by atoms with Crippen LogP contribution < -0.4 is 0 Å². The predicted molar refractivity (Wildman–Crippen MR) is 83.5 cm³/mol. The SMILES string of the molecule is O=C(O)C[C@@H]1CN(C(=O)c2cc3c(s2)CCCCC3)CCO1. The van der Waals surface area contributed by atoms with Gasteiger partial charge < -0.3 is 14.7 Å². The van der Waals surface area contributed by atoms with Gasteiger partial charge in [0.2, 0.25) is 0 Å². The zero-order chi connectivity index (χ0) is 15.5. The van der Waals surface area contributed by atoms with Gasteiger partial charge in [0, 0.05) is 18.0 Å². The molecule has 2 heterocycles. The lowest BCUT2D eigenvalue weighted by Gasteiger charge is -2.32. The summed E-state index contributed by atoms with van der Waals surface area (Å²) in [6.45, 7) is 1.32. The Morgan fingerprint density at radius 2 is 2.14 bits per heavy atom. The standard InChI is InChI=1S/C16H21NO4S/c18-15(19)9-12-10-17(6-7-21-12)16(20)14-8-11-4-2-1-3-5-13(11)22-14/h8,12H,1-7,9-10H2,(H,18,19)/t12-/m1/s1. The summed E-state index contributed by atoms with van der Waals surface area (Å²) in [4.78, 5) is 27.4. The van der Waals surface area contributed by atoms with E-state index < -0.39 is 12.1 Å². The first-order valence-corrected chi connectivity index (χ1v) is 8.69. The monoisotopic (exact) mass is 323 g/mol. The van der Waals surface area contributed by atoms with Crippen LogP contribution in [0.25, 0.3) is 0 Å². The van der Waals surface area contributed by atoms with Crippen molar-refractivity contribution in [3.63, 3.8) is 0 Å². The molecule has 0 spiro atoms. The molecule has 0 saturated carbocycles. The molecule has 2 aliphatic rings. The molecule has 1 aromatic rings. The third-order valence-corrected chi connectivity index (χ3v) is 5.51. The van der Waals surface area contributed by atoms with Crippen LogP contribution in [0.4, 0.5) is 0 Å². The lowest BCUT2D eigenvalue weighted by molar-refractivity contribution is -0.141. The molecule has 0 aromatic carbocycles. The average molecular weight is 323 g/mol. The number of nitrogens with zero attached hydrogens (tertiary/aromatic N) is 1. The second-order valence-electron chi connectivity index (χ2n) is 5.96. The van der Waals surface area contributed by atoms with E-state index in [1.165, 1.54) is 29.7 Å². The van der Waals surface area contributed by atoms with Crippen LogP contribution in [0.5, 0.6) is 0 Å². The van der Waals surface area contributed by atoms with E-state index in [1.54, 1.807) is 16.2 Å². The van der Waals surface area contributed by atoms with E-state index in [4.69, 9.17) is 9.84 Å². The van der Waals surface area contributed by atoms with Crippen molar-refractivity contribution in [1.29, 1.82) is 0 Å². The van der Waals surface area contributed by atoms with Crippen LogP contribution in [0.3, 0.4) is 0 Å². The van der Waals surface area contributed by atoms with Gasteiger partial charge in [0.1, 0.15) is 0 Å². The Balaban J connectivity index is 1.69. The highest BCUT2D eigenvalue weighted by molar-refractivity contribution is 7.14. The number of carbonyl (C=O) groups excluding carboxylic acids is 1. The van der Waals surface area contributed by atoms with Crippen LogP contribution in [-0.4, -0.2) is 47.7 Å². The lowest BCUT2D eigenvalue weighted by atomic mass is 10.1. The normalized spacial score (nSPS) is 22.0. The van der Waals surface area contributed by atoms with E-state index in [0.29, 0.717) is 19.7 Å². The van der Waals surface area contributed by atoms with E-state index in [9.17, 15) is 9.59 Å². The van der Waals surface area contributed by atoms with Crippen LogP contribution in [-0.2, 0) is 22.4 Å². The Labute approximate surface area is 133 Å². The summed E-state index contributed by atoms with van der Waals surface area (Å²) in [5.41, 5.74) is 1.33. The van der Waals surface area contributed by atoms with Gasteiger partial charge in [0.25, 0.3) is 5.91 Å². The molecule has 1 atom stereocenters. The number of carbonyl (C=O) groups is 2. The van der Waals surface area contributed by atoms with Crippen molar-refractivity contribution in [2.24, 2.45) is 0 Å². The van der Waals surface area contributed by atoms with Gasteiger partial charge >= 0.3 is 5.97 Å². The molecule has 6 heteroatoms. The fourth-order valence-electron chi connectivity index (χ4n) is 3.15. The summed E-state index contributed by atoms with van der Waals surface area (Å²) in [5.74, 6) is -0.862. The molecular weight excluding hydrogens is 302 g/mol. The first kappa shape index (κ1) is 15.5. The molecule has 1 aliphatic carbocycles.